The minimum absolute atomic E-state index is 0.0383. The normalized spacial score (nSPS) is 22.9. The predicted molar refractivity (Wildman–Crippen MR) is 177 cm³/mol. The van der Waals surface area contributed by atoms with Gasteiger partial charge in [0.1, 0.15) is 17.9 Å². The Hall–Kier alpha value is -4.63. The van der Waals surface area contributed by atoms with Crippen LogP contribution in [-0.2, 0) is 14.4 Å². The van der Waals surface area contributed by atoms with Crippen LogP contribution in [0.25, 0.3) is 0 Å². The van der Waals surface area contributed by atoms with Gasteiger partial charge >= 0.3 is 0 Å². The number of hydrogen-bond donors (Lipinski definition) is 2. The van der Waals surface area contributed by atoms with E-state index in [1.165, 1.54) is 12.4 Å². The molecule has 238 valence electrons. The minimum Gasteiger partial charge on any atom is -0.494 e. The number of benzene rings is 2. The molecule has 2 bridgehead atoms. The Labute approximate surface area is 269 Å². The number of methoxy groups -OCH3 is 1. The summed E-state index contributed by atoms with van der Waals surface area (Å²) in [4.78, 5) is 32.5. The molecule has 5 heterocycles. The van der Waals surface area contributed by atoms with Crippen molar-refractivity contribution in [2.75, 3.05) is 60.6 Å². The lowest BCUT2D eigenvalue weighted by Crippen LogP contribution is -2.49. The number of morpholine rings is 1. The van der Waals surface area contributed by atoms with Gasteiger partial charge in [0.05, 0.1) is 49.5 Å². The number of fused-ring (bicyclic) bond motifs is 2. The number of anilines is 5. The molecule has 2 aromatic carbocycles. The standard InChI is InChI=1S/C35H39N7O4/c1-4-23-7-6-8-24(15-23)30-11-14-46-42(30)34-19-33(36-22-37-34)38-29-17-28(39-35(43)5-2)31(18-32(29)44-3)40-12-9-25(10-13-40)41-20-27-16-26(41)21-45-27/h1,5-8,15,17-19,22,25-27,30H,2,9-14,16,20-21H2,3H3,(H,39,43)(H,36,37,38)/t26-,27-,30-/m1/s1. The molecule has 2 N–H and O–H groups in total. The highest BCUT2D eigenvalue weighted by Crippen LogP contribution is 2.41. The summed E-state index contributed by atoms with van der Waals surface area (Å²) in [5.41, 5.74) is 4.12. The summed E-state index contributed by atoms with van der Waals surface area (Å²) in [5.74, 6) is 4.22. The Morgan fingerprint density at radius 3 is 2.74 bits per heavy atom. The number of hydroxylamine groups is 1. The van der Waals surface area contributed by atoms with E-state index in [9.17, 15) is 4.79 Å². The van der Waals surface area contributed by atoms with Gasteiger partial charge < -0.3 is 25.0 Å². The molecule has 0 spiro atoms. The van der Waals surface area contributed by atoms with Crippen LogP contribution in [0.15, 0.2) is 61.4 Å². The van der Waals surface area contributed by atoms with Crippen molar-refractivity contribution in [3.8, 4) is 18.1 Å². The van der Waals surface area contributed by atoms with Gasteiger partial charge in [-0.25, -0.2) is 15.0 Å². The van der Waals surface area contributed by atoms with Gasteiger partial charge in [-0.3, -0.25) is 14.5 Å². The molecule has 0 unspecified atom stereocenters. The molecule has 4 saturated heterocycles. The number of likely N-dealkylation sites (tertiary alicyclic amines) is 1. The van der Waals surface area contributed by atoms with Crippen molar-refractivity contribution in [2.24, 2.45) is 0 Å². The Morgan fingerprint density at radius 2 is 2.00 bits per heavy atom. The van der Waals surface area contributed by atoms with Crippen LogP contribution in [0.3, 0.4) is 0 Å². The topological polar surface area (TPSA) is 104 Å². The number of aromatic nitrogens is 2. The van der Waals surface area contributed by atoms with Crippen molar-refractivity contribution in [1.29, 1.82) is 0 Å². The van der Waals surface area contributed by atoms with E-state index in [2.05, 4.69) is 42.9 Å². The highest BCUT2D eigenvalue weighted by Gasteiger charge is 2.42. The van der Waals surface area contributed by atoms with Crippen LogP contribution < -0.4 is 25.3 Å². The van der Waals surface area contributed by atoms with Crippen LogP contribution in [0.4, 0.5) is 28.7 Å². The molecule has 3 aromatic rings. The van der Waals surface area contributed by atoms with Crippen molar-refractivity contribution in [1.82, 2.24) is 14.9 Å². The molecule has 4 fully saturated rings. The Balaban J connectivity index is 1.12. The highest BCUT2D eigenvalue weighted by molar-refractivity contribution is 6.02. The maximum absolute atomic E-state index is 12.6. The lowest BCUT2D eigenvalue weighted by molar-refractivity contribution is -0.111. The fourth-order valence-corrected chi connectivity index (χ4v) is 7.20. The molecule has 46 heavy (non-hydrogen) atoms. The second-order valence-electron chi connectivity index (χ2n) is 12.1. The zero-order valence-electron chi connectivity index (χ0n) is 26.0. The average molecular weight is 622 g/mol. The van der Waals surface area contributed by atoms with Gasteiger partial charge in [0, 0.05) is 55.8 Å². The number of rotatable bonds is 9. The first kappa shape index (κ1) is 30.0. The summed E-state index contributed by atoms with van der Waals surface area (Å²) in [5, 5.41) is 8.21. The maximum atomic E-state index is 12.6. The second-order valence-corrected chi connectivity index (χ2v) is 12.1. The third-order valence-electron chi connectivity index (χ3n) is 9.46. The smallest absolute Gasteiger partial charge is 0.247 e. The molecule has 1 aromatic heterocycles. The maximum Gasteiger partial charge on any atom is 0.247 e. The monoisotopic (exact) mass is 621 g/mol. The number of piperidine rings is 1. The number of carbonyl (C=O) groups is 1. The van der Waals surface area contributed by atoms with Gasteiger partial charge in [0.15, 0.2) is 5.82 Å². The van der Waals surface area contributed by atoms with E-state index in [0.29, 0.717) is 53.6 Å². The van der Waals surface area contributed by atoms with Gasteiger partial charge in [-0.2, -0.15) is 0 Å². The van der Waals surface area contributed by atoms with E-state index < -0.39 is 0 Å². The third kappa shape index (κ3) is 5.99. The molecule has 4 aliphatic rings. The summed E-state index contributed by atoms with van der Waals surface area (Å²) < 4.78 is 11.7. The molecule has 11 nitrogen and oxygen atoms in total. The fraction of sp³-hybridized carbons (Fsp3) is 0.400. The fourth-order valence-electron chi connectivity index (χ4n) is 7.20. The molecule has 0 aliphatic carbocycles. The summed E-state index contributed by atoms with van der Waals surface area (Å²) >= 11 is 0. The van der Waals surface area contributed by atoms with Crippen molar-refractivity contribution < 1.29 is 19.1 Å². The van der Waals surface area contributed by atoms with Gasteiger partial charge in [-0.05, 0) is 49.1 Å². The van der Waals surface area contributed by atoms with Crippen molar-refractivity contribution in [2.45, 2.75) is 49.9 Å². The summed E-state index contributed by atoms with van der Waals surface area (Å²) in [7, 11) is 1.64. The predicted octanol–water partition coefficient (Wildman–Crippen LogP) is 4.66. The van der Waals surface area contributed by atoms with Gasteiger partial charge in [0.2, 0.25) is 5.91 Å². The molecule has 11 heteroatoms. The van der Waals surface area contributed by atoms with E-state index in [-0.39, 0.29) is 11.9 Å². The van der Waals surface area contributed by atoms with Gasteiger partial charge in [-0.1, -0.05) is 24.6 Å². The molecule has 0 saturated carbocycles. The number of carbonyl (C=O) groups excluding carboxylic acids is 1. The Bertz CT molecular complexity index is 1650. The number of hydrogen-bond acceptors (Lipinski definition) is 10. The number of nitrogens with one attached hydrogen (secondary N) is 2. The first-order valence-electron chi connectivity index (χ1n) is 15.9. The molecular weight excluding hydrogens is 582 g/mol. The quantitative estimate of drug-likeness (QED) is 0.259. The largest absolute Gasteiger partial charge is 0.494 e. The molecule has 1 amide bonds. The van der Waals surface area contributed by atoms with E-state index in [1.807, 2.05) is 47.5 Å². The average Bonchev–Trinajstić information content (AvgIpc) is 3.87. The molecule has 3 atom stereocenters. The van der Waals surface area contributed by atoms with E-state index in [0.717, 1.165) is 68.7 Å². The first-order valence-corrected chi connectivity index (χ1v) is 15.9. The number of nitrogens with zero attached hydrogens (tertiary/aromatic N) is 5. The summed E-state index contributed by atoms with van der Waals surface area (Å²) in [6.07, 6.45) is 12.9. The van der Waals surface area contributed by atoms with Crippen molar-refractivity contribution in [3.05, 3.63) is 72.6 Å². The van der Waals surface area contributed by atoms with Crippen molar-refractivity contribution in [3.63, 3.8) is 0 Å². The molecular formula is C35H39N7O4. The van der Waals surface area contributed by atoms with Crippen LogP contribution in [0, 0.1) is 12.3 Å². The zero-order valence-corrected chi connectivity index (χ0v) is 26.0. The lowest BCUT2D eigenvalue weighted by atomic mass is 10.0. The number of amides is 1. The van der Waals surface area contributed by atoms with E-state index >= 15 is 0 Å². The molecule has 4 aliphatic heterocycles. The van der Waals surface area contributed by atoms with E-state index in [1.54, 1.807) is 7.11 Å². The van der Waals surface area contributed by atoms with Crippen molar-refractivity contribution >= 4 is 34.6 Å². The van der Waals surface area contributed by atoms with Gasteiger partial charge in [0.25, 0.3) is 0 Å². The number of ether oxygens (including phenoxy) is 2. The summed E-state index contributed by atoms with van der Waals surface area (Å²) in [6.45, 7) is 7.87. The second kappa shape index (κ2) is 13.0. The van der Waals surface area contributed by atoms with Crippen LogP contribution in [0.1, 0.15) is 42.9 Å². The summed E-state index contributed by atoms with van der Waals surface area (Å²) in [6, 6.07) is 14.7. The molecule has 7 rings (SSSR count). The van der Waals surface area contributed by atoms with Crippen LogP contribution in [-0.4, -0.2) is 78.9 Å². The third-order valence-corrected chi connectivity index (χ3v) is 9.46. The Morgan fingerprint density at radius 1 is 1.13 bits per heavy atom. The Kier molecular flexibility index (Phi) is 8.49. The zero-order chi connectivity index (χ0) is 31.6. The minimum atomic E-state index is -0.282. The first-order chi connectivity index (χ1) is 22.5. The molecule has 0 radical (unpaired) electrons. The van der Waals surface area contributed by atoms with Gasteiger partial charge in [-0.15, -0.1) is 6.42 Å². The number of terminal acetylenes is 1. The van der Waals surface area contributed by atoms with Crippen LogP contribution in [0.5, 0.6) is 5.75 Å². The lowest BCUT2D eigenvalue weighted by Gasteiger charge is -2.41. The highest BCUT2D eigenvalue weighted by atomic mass is 16.7. The SMILES string of the molecule is C#Cc1cccc([C@H]2CCON2c2cc(Nc3cc(NC(=O)C=C)c(N4CCC(N5C[C@H]6C[C@@H]5CO6)CC4)cc3OC)ncn2)c1. The van der Waals surface area contributed by atoms with Crippen LogP contribution in [0.2, 0.25) is 0 Å². The van der Waals surface area contributed by atoms with Crippen LogP contribution >= 0.6 is 0 Å². The van der Waals surface area contributed by atoms with E-state index in [4.69, 9.17) is 20.7 Å².